The smallest absolute Gasteiger partial charge is 0.316 e. The number of aliphatic hydroxyl groups excluding tert-OH is 2. The van der Waals surface area contributed by atoms with Crippen molar-refractivity contribution in [3.63, 3.8) is 0 Å². The summed E-state index contributed by atoms with van der Waals surface area (Å²) in [4.78, 5) is 31.4. The van der Waals surface area contributed by atoms with E-state index in [1.807, 2.05) is 56.6 Å². The molecule has 2 aliphatic carbocycles. The number of allylic oxidation sites excluding steroid dienone is 2. The molecule has 1 aromatic carbocycles. The van der Waals surface area contributed by atoms with Crippen LogP contribution in [0, 0.1) is 5.92 Å². The van der Waals surface area contributed by atoms with Crippen LogP contribution >= 0.6 is 23.2 Å². The summed E-state index contributed by atoms with van der Waals surface area (Å²) in [6, 6.07) is 2.84. The number of aromatic nitrogens is 1. The topological polar surface area (TPSA) is 161 Å². The van der Waals surface area contributed by atoms with Crippen molar-refractivity contribution in [1.82, 2.24) is 20.1 Å². The summed E-state index contributed by atoms with van der Waals surface area (Å²) in [5, 5.41) is 25.8. The van der Waals surface area contributed by atoms with Crippen molar-refractivity contribution >= 4 is 46.0 Å². The second kappa shape index (κ2) is 14.4. The summed E-state index contributed by atoms with van der Waals surface area (Å²) in [5.41, 5.74) is 15.7. The number of aromatic amines is 1. The molecule has 3 aliphatic rings. The van der Waals surface area contributed by atoms with Gasteiger partial charge in [-0.2, -0.15) is 0 Å². The van der Waals surface area contributed by atoms with E-state index in [4.69, 9.17) is 34.7 Å². The van der Waals surface area contributed by atoms with Crippen LogP contribution in [0.2, 0.25) is 5.02 Å². The molecular formula is C34H46Cl2N6O4. The number of aryl methyl sites for hydroxylation is 1. The largest absolute Gasteiger partial charge is 0.380 e. The molecule has 0 bridgehead atoms. The van der Waals surface area contributed by atoms with Crippen LogP contribution in [0.5, 0.6) is 0 Å². The van der Waals surface area contributed by atoms with Gasteiger partial charge in [-0.25, -0.2) is 4.79 Å². The molecule has 10 nitrogen and oxygen atoms in total. The highest BCUT2D eigenvalue weighted by atomic mass is 35.5. The Labute approximate surface area is 280 Å². The summed E-state index contributed by atoms with van der Waals surface area (Å²) in [6.07, 6.45) is 13.5. The summed E-state index contributed by atoms with van der Waals surface area (Å²) in [6.45, 7) is 4.36. The lowest BCUT2D eigenvalue weighted by Gasteiger charge is -2.34. The van der Waals surface area contributed by atoms with Gasteiger partial charge in [-0.3, -0.25) is 15.4 Å². The number of aliphatic hydroxyl groups is 2. The van der Waals surface area contributed by atoms with Crippen molar-refractivity contribution in [1.29, 1.82) is 0 Å². The monoisotopic (exact) mass is 672 g/mol. The number of alkyl halides is 1. The summed E-state index contributed by atoms with van der Waals surface area (Å²) in [7, 11) is 0. The van der Waals surface area contributed by atoms with Crippen LogP contribution in [-0.4, -0.2) is 73.0 Å². The number of carbonyl (C=O) groups excluding carboxylic acids is 2. The molecule has 2 heterocycles. The molecule has 3 amide bonds. The number of hydrogen-bond acceptors (Lipinski definition) is 6. The second-order valence-electron chi connectivity index (χ2n) is 13.1. The molecule has 0 radical (unpaired) electrons. The average molecular weight is 674 g/mol. The van der Waals surface area contributed by atoms with E-state index in [2.05, 4.69) is 10.3 Å². The highest BCUT2D eigenvalue weighted by Crippen LogP contribution is 2.40. The zero-order valence-corrected chi connectivity index (χ0v) is 28.0. The second-order valence-corrected chi connectivity index (χ2v) is 13.9. The highest BCUT2D eigenvalue weighted by molar-refractivity contribution is 6.36. The molecule has 5 rings (SSSR count). The van der Waals surface area contributed by atoms with Gasteiger partial charge in [0, 0.05) is 36.8 Å². The van der Waals surface area contributed by atoms with Gasteiger partial charge in [0.25, 0.3) is 0 Å². The zero-order chi connectivity index (χ0) is 33.2. The number of urea groups is 1. The standard InChI is InChI=1S/C34H46Cl2N6O4/c1-20(42(33(38)46)29(44)15-12-24-18-40-34(2)26(24)8-5-9-27(34)35)16-22-10-13-25-23(17-39-31(25)30(22)36)11-14-28(43)41(32(37)45)19-21-6-3-4-7-21/h5,8-10,13,17-18,20-21,27-28,33,39-40,43,46H,3-4,6-7,11-12,14-16,19,38H2,1-2H3,(H2,37,45). The molecule has 1 fully saturated rings. The molecule has 0 spiro atoms. The molecule has 0 saturated heterocycles. The lowest BCUT2D eigenvalue weighted by atomic mass is 9.82. The minimum Gasteiger partial charge on any atom is -0.380 e. The average Bonchev–Trinajstić information content (AvgIpc) is 3.75. The Morgan fingerprint density at radius 1 is 1.17 bits per heavy atom. The van der Waals surface area contributed by atoms with Crippen molar-refractivity contribution < 1.29 is 19.8 Å². The maximum atomic E-state index is 13.4. The van der Waals surface area contributed by atoms with Crippen LogP contribution in [0.3, 0.4) is 0 Å². The first kappa shape index (κ1) is 34.3. The number of hydrogen-bond donors (Lipinski definition) is 6. The maximum Gasteiger partial charge on any atom is 0.316 e. The molecule has 12 heteroatoms. The molecule has 1 aromatic heterocycles. The van der Waals surface area contributed by atoms with Crippen molar-refractivity contribution in [2.45, 2.75) is 101 Å². The van der Waals surface area contributed by atoms with E-state index >= 15 is 0 Å². The van der Waals surface area contributed by atoms with Gasteiger partial charge in [-0.15, -0.1) is 11.6 Å². The van der Waals surface area contributed by atoms with E-state index < -0.39 is 30.2 Å². The zero-order valence-electron chi connectivity index (χ0n) is 26.5. The van der Waals surface area contributed by atoms with Crippen LogP contribution in [0.15, 0.2) is 53.9 Å². The first-order valence-electron chi connectivity index (χ1n) is 16.2. The number of nitrogens with two attached hydrogens (primary N) is 2. The molecular weight excluding hydrogens is 627 g/mol. The lowest BCUT2D eigenvalue weighted by molar-refractivity contribution is -0.144. The predicted molar refractivity (Wildman–Crippen MR) is 182 cm³/mol. The third kappa shape index (κ3) is 7.11. The van der Waals surface area contributed by atoms with Gasteiger partial charge in [0.15, 0.2) is 6.35 Å². The number of carbonyl (C=O) groups is 2. The van der Waals surface area contributed by atoms with E-state index in [1.165, 1.54) is 9.80 Å². The molecule has 1 aliphatic heterocycles. The number of nitrogens with zero attached hydrogens (tertiary/aromatic N) is 2. The van der Waals surface area contributed by atoms with E-state index in [9.17, 15) is 19.8 Å². The Bertz CT molecular complexity index is 1530. The Morgan fingerprint density at radius 3 is 2.61 bits per heavy atom. The summed E-state index contributed by atoms with van der Waals surface area (Å²) >= 11 is 13.4. The van der Waals surface area contributed by atoms with Gasteiger partial charge in [0.1, 0.15) is 6.23 Å². The number of benzene rings is 1. The summed E-state index contributed by atoms with van der Waals surface area (Å²) in [5.74, 6) is 0.119. The number of halogens is 2. The van der Waals surface area contributed by atoms with E-state index in [1.54, 1.807) is 0 Å². The fourth-order valence-corrected chi connectivity index (χ4v) is 7.78. The van der Waals surface area contributed by atoms with Crippen molar-refractivity contribution in [3.05, 3.63) is 70.1 Å². The molecule has 2 aromatic rings. The van der Waals surface area contributed by atoms with E-state index in [-0.39, 0.29) is 17.7 Å². The van der Waals surface area contributed by atoms with Crippen LogP contribution in [0.1, 0.15) is 69.9 Å². The number of H-pyrrole nitrogens is 1. The van der Waals surface area contributed by atoms with Gasteiger partial charge in [-0.1, -0.05) is 54.8 Å². The van der Waals surface area contributed by atoms with Gasteiger partial charge in [-0.05, 0) is 80.6 Å². The first-order chi connectivity index (χ1) is 21.9. The third-order valence-corrected chi connectivity index (χ3v) is 10.9. The minimum atomic E-state index is -1.47. The van der Waals surface area contributed by atoms with Crippen molar-refractivity contribution in [2.75, 3.05) is 6.54 Å². The third-order valence-electron chi connectivity index (χ3n) is 9.92. The van der Waals surface area contributed by atoms with Crippen LogP contribution in [-0.2, 0) is 17.6 Å². The van der Waals surface area contributed by atoms with E-state index in [0.717, 1.165) is 58.9 Å². The Kier molecular flexibility index (Phi) is 10.7. The van der Waals surface area contributed by atoms with Gasteiger partial charge in [0.2, 0.25) is 5.91 Å². The Hall–Kier alpha value is -3.02. The number of nitrogens with one attached hydrogen (secondary N) is 2. The number of fused-ring (bicyclic) bond motifs is 2. The van der Waals surface area contributed by atoms with Crippen LogP contribution in [0.4, 0.5) is 4.79 Å². The van der Waals surface area contributed by atoms with Crippen molar-refractivity contribution in [2.24, 2.45) is 17.4 Å². The number of rotatable bonds is 13. The van der Waals surface area contributed by atoms with Crippen LogP contribution in [0.25, 0.3) is 10.9 Å². The quantitative estimate of drug-likeness (QED) is 0.133. The summed E-state index contributed by atoms with van der Waals surface area (Å²) < 4.78 is 0. The maximum absolute atomic E-state index is 13.4. The van der Waals surface area contributed by atoms with Crippen LogP contribution < -0.4 is 16.8 Å². The predicted octanol–water partition coefficient (Wildman–Crippen LogP) is 4.77. The molecule has 8 N–H and O–H groups in total. The van der Waals surface area contributed by atoms with Gasteiger partial charge >= 0.3 is 6.03 Å². The fourth-order valence-electron chi connectivity index (χ4n) is 7.22. The van der Waals surface area contributed by atoms with E-state index in [0.29, 0.717) is 43.2 Å². The van der Waals surface area contributed by atoms with Gasteiger partial charge in [0.05, 0.1) is 21.5 Å². The van der Waals surface area contributed by atoms with Gasteiger partial charge < -0.3 is 31.1 Å². The fraction of sp³-hybridized carbons (Fsp3) is 0.529. The molecule has 250 valence electrons. The highest BCUT2D eigenvalue weighted by Gasteiger charge is 2.41. The first-order valence-corrected chi connectivity index (χ1v) is 17.0. The van der Waals surface area contributed by atoms with Crippen molar-refractivity contribution in [3.8, 4) is 0 Å². The molecule has 5 unspecified atom stereocenters. The molecule has 5 atom stereocenters. The minimum absolute atomic E-state index is 0.169. The normalized spacial score (nSPS) is 23.0. The SMILES string of the molecule is CC(Cc1ccc2c(CCC(O)N(CC3CCCC3)C(N)=O)c[nH]c2c1Cl)N(C(=O)CCC1=CNC2(C)C1=CC=CC2Cl)C(N)O. The number of amides is 3. The molecule has 1 saturated carbocycles. The lowest BCUT2D eigenvalue weighted by Crippen LogP contribution is -2.51. The molecule has 46 heavy (non-hydrogen) atoms. The number of primary amides is 1. The Morgan fingerprint density at radius 2 is 1.91 bits per heavy atom. The Balaban J connectivity index is 1.21.